The van der Waals surface area contributed by atoms with Gasteiger partial charge in [0.25, 0.3) is 0 Å². The molecule has 1 unspecified atom stereocenters. The molecule has 0 aliphatic carbocycles. The van der Waals surface area contributed by atoms with Crippen LogP contribution < -0.4 is 15.8 Å². The highest BCUT2D eigenvalue weighted by molar-refractivity contribution is 14.0. The summed E-state index contributed by atoms with van der Waals surface area (Å²) in [6.07, 6.45) is 0. The van der Waals surface area contributed by atoms with Crippen molar-refractivity contribution in [3.05, 3.63) is 29.8 Å². The van der Waals surface area contributed by atoms with E-state index in [1.54, 1.807) is 7.11 Å². The summed E-state index contributed by atoms with van der Waals surface area (Å²) >= 11 is 0. The van der Waals surface area contributed by atoms with Crippen LogP contribution in [0.5, 0.6) is 5.75 Å². The van der Waals surface area contributed by atoms with Crippen LogP contribution in [0.25, 0.3) is 0 Å². The van der Waals surface area contributed by atoms with E-state index in [1.165, 1.54) is 5.56 Å². The molecule has 0 aromatic heterocycles. The minimum Gasteiger partial charge on any atom is -0.493 e. The van der Waals surface area contributed by atoms with Gasteiger partial charge in [0.05, 0.1) is 19.8 Å². The normalized spacial score (nSPS) is 13.3. The third-order valence-corrected chi connectivity index (χ3v) is 3.67. The fourth-order valence-electron chi connectivity index (χ4n) is 2.23. The molecule has 0 spiro atoms. The molecule has 3 N–H and O–H groups in total. The van der Waals surface area contributed by atoms with Crippen molar-refractivity contribution >= 4 is 29.9 Å². The van der Waals surface area contributed by atoms with Crippen LogP contribution in [0.1, 0.15) is 40.2 Å². The molecule has 1 rings (SSSR count). The fraction of sp³-hybridized carbons (Fsp3) is 0.632. The molecule has 0 aliphatic heterocycles. The summed E-state index contributed by atoms with van der Waals surface area (Å²) in [6.45, 7) is 12.5. The summed E-state index contributed by atoms with van der Waals surface area (Å²) < 4.78 is 10.8. The van der Waals surface area contributed by atoms with E-state index in [-0.39, 0.29) is 35.4 Å². The summed E-state index contributed by atoms with van der Waals surface area (Å²) in [5.41, 5.74) is 7.05. The van der Waals surface area contributed by atoms with Crippen LogP contribution in [0.4, 0.5) is 0 Å². The highest BCUT2D eigenvalue weighted by Gasteiger charge is 2.20. The Morgan fingerprint density at radius 2 is 1.76 bits per heavy atom. The molecule has 1 aromatic carbocycles. The molecule has 0 fully saturated rings. The summed E-state index contributed by atoms with van der Waals surface area (Å²) in [4.78, 5) is 4.47. The minimum absolute atomic E-state index is 0. The molecule has 0 aliphatic rings. The SMILES string of the molecule is COCC(C)NC(N)=NCC(C)(C)c1ccc(OCC(C)C)cc1.I. The number of nitrogens with one attached hydrogen (secondary N) is 1. The van der Waals surface area contributed by atoms with E-state index in [2.05, 4.69) is 50.1 Å². The van der Waals surface area contributed by atoms with Gasteiger partial charge in [-0.1, -0.05) is 39.8 Å². The first-order valence-corrected chi connectivity index (χ1v) is 8.53. The summed E-state index contributed by atoms with van der Waals surface area (Å²) in [5, 5.41) is 3.12. The van der Waals surface area contributed by atoms with Crippen LogP contribution in [0.2, 0.25) is 0 Å². The van der Waals surface area contributed by atoms with Crippen LogP contribution in [-0.2, 0) is 10.2 Å². The molecule has 0 amide bonds. The standard InChI is InChI=1S/C19H33N3O2.HI/c1-14(2)11-24-17-9-7-16(8-10-17)19(4,5)13-21-18(20)22-15(3)12-23-6;/h7-10,14-15H,11-13H2,1-6H3,(H3,20,21,22);1H. The first kappa shape index (κ1) is 24.0. The number of benzene rings is 1. The molecule has 1 atom stereocenters. The number of aliphatic imine (C=N–C) groups is 1. The molecule has 5 nitrogen and oxygen atoms in total. The molecule has 0 radical (unpaired) electrons. The van der Waals surface area contributed by atoms with Crippen molar-refractivity contribution in [3.8, 4) is 5.75 Å². The number of hydrogen-bond donors (Lipinski definition) is 2. The van der Waals surface area contributed by atoms with Gasteiger partial charge >= 0.3 is 0 Å². The summed E-state index contributed by atoms with van der Waals surface area (Å²) in [7, 11) is 1.67. The van der Waals surface area contributed by atoms with Gasteiger partial charge in [0.15, 0.2) is 5.96 Å². The van der Waals surface area contributed by atoms with Crippen molar-refractivity contribution in [2.24, 2.45) is 16.6 Å². The van der Waals surface area contributed by atoms with Crippen LogP contribution in [0, 0.1) is 5.92 Å². The van der Waals surface area contributed by atoms with Crippen molar-refractivity contribution in [2.45, 2.75) is 46.1 Å². The second-order valence-corrected chi connectivity index (χ2v) is 7.32. The number of nitrogens with zero attached hydrogens (tertiary/aromatic N) is 1. The zero-order chi connectivity index (χ0) is 18.2. The van der Waals surface area contributed by atoms with Gasteiger partial charge in [-0.2, -0.15) is 0 Å². The van der Waals surface area contributed by atoms with Gasteiger partial charge < -0.3 is 20.5 Å². The third-order valence-electron chi connectivity index (χ3n) is 3.67. The van der Waals surface area contributed by atoms with Gasteiger partial charge in [-0.15, -0.1) is 24.0 Å². The number of guanidine groups is 1. The topological polar surface area (TPSA) is 68.9 Å². The Hall–Kier alpha value is -1.02. The fourth-order valence-corrected chi connectivity index (χ4v) is 2.23. The highest BCUT2D eigenvalue weighted by atomic mass is 127. The maximum atomic E-state index is 5.95. The van der Waals surface area contributed by atoms with E-state index in [0.29, 0.717) is 25.0 Å². The smallest absolute Gasteiger partial charge is 0.188 e. The van der Waals surface area contributed by atoms with Crippen LogP contribution in [-0.4, -0.2) is 38.9 Å². The molecule has 6 heteroatoms. The number of rotatable bonds is 9. The Morgan fingerprint density at radius 1 is 1.16 bits per heavy atom. The Morgan fingerprint density at radius 3 is 2.28 bits per heavy atom. The van der Waals surface area contributed by atoms with E-state index in [0.717, 1.165) is 12.4 Å². The molecule has 0 saturated carbocycles. The molecular weight excluding hydrogens is 429 g/mol. The third kappa shape index (κ3) is 9.30. The molecule has 0 saturated heterocycles. The number of hydrogen-bond acceptors (Lipinski definition) is 3. The molecular formula is C19H34IN3O2. The average Bonchev–Trinajstić information content (AvgIpc) is 2.51. The Bertz CT molecular complexity index is 516. The predicted molar refractivity (Wildman–Crippen MR) is 116 cm³/mol. The lowest BCUT2D eigenvalue weighted by atomic mass is 9.85. The van der Waals surface area contributed by atoms with Gasteiger partial charge in [-0.25, -0.2) is 0 Å². The zero-order valence-corrected chi connectivity index (χ0v) is 18.7. The first-order chi connectivity index (χ1) is 11.2. The maximum absolute atomic E-state index is 5.95. The zero-order valence-electron chi connectivity index (χ0n) is 16.3. The van der Waals surface area contributed by atoms with Gasteiger partial charge in [0, 0.05) is 18.6 Å². The largest absolute Gasteiger partial charge is 0.493 e. The number of halogens is 1. The van der Waals surface area contributed by atoms with Crippen molar-refractivity contribution in [2.75, 3.05) is 26.9 Å². The van der Waals surface area contributed by atoms with Crippen molar-refractivity contribution < 1.29 is 9.47 Å². The summed E-state index contributed by atoms with van der Waals surface area (Å²) in [5.74, 6) is 1.87. The lowest BCUT2D eigenvalue weighted by Gasteiger charge is -2.24. The molecule has 144 valence electrons. The van der Waals surface area contributed by atoms with Gasteiger partial charge in [0.2, 0.25) is 0 Å². The lowest BCUT2D eigenvalue weighted by molar-refractivity contribution is 0.179. The minimum atomic E-state index is -0.104. The second kappa shape index (κ2) is 11.6. The van der Waals surface area contributed by atoms with Gasteiger partial charge in [-0.05, 0) is 30.5 Å². The van der Waals surface area contributed by atoms with E-state index in [9.17, 15) is 0 Å². The Labute approximate surface area is 169 Å². The van der Waals surface area contributed by atoms with Crippen molar-refractivity contribution in [1.82, 2.24) is 5.32 Å². The molecule has 0 bridgehead atoms. The Kier molecular flexibility index (Phi) is 11.1. The van der Waals surface area contributed by atoms with Gasteiger partial charge in [-0.3, -0.25) is 4.99 Å². The van der Waals surface area contributed by atoms with E-state index in [1.807, 2.05) is 19.1 Å². The van der Waals surface area contributed by atoms with E-state index >= 15 is 0 Å². The first-order valence-electron chi connectivity index (χ1n) is 8.53. The number of ether oxygens (including phenoxy) is 2. The van der Waals surface area contributed by atoms with Crippen molar-refractivity contribution in [1.29, 1.82) is 0 Å². The second-order valence-electron chi connectivity index (χ2n) is 7.32. The number of nitrogens with two attached hydrogens (primary N) is 1. The summed E-state index contributed by atoms with van der Waals surface area (Å²) in [6, 6.07) is 8.38. The molecule has 25 heavy (non-hydrogen) atoms. The Balaban J connectivity index is 0.00000576. The van der Waals surface area contributed by atoms with Gasteiger partial charge in [0.1, 0.15) is 5.75 Å². The average molecular weight is 463 g/mol. The van der Waals surface area contributed by atoms with Crippen LogP contribution in [0.15, 0.2) is 29.3 Å². The van der Waals surface area contributed by atoms with Crippen molar-refractivity contribution in [3.63, 3.8) is 0 Å². The van der Waals surface area contributed by atoms with E-state index in [4.69, 9.17) is 15.2 Å². The number of methoxy groups -OCH3 is 1. The maximum Gasteiger partial charge on any atom is 0.188 e. The highest BCUT2D eigenvalue weighted by Crippen LogP contribution is 2.25. The van der Waals surface area contributed by atoms with Crippen LogP contribution >= 0.6 is 24.0 Å². The monoisotopic (exact) mass is 463 g/mol. The quantitative estimate of drug-likeness (QED) is 0.334. The molecule has 0 heterocycles. The van der Waals surface area contributed by atoms with E-state index < -0.39 is 0 Å². The predicted octanol–water partition coefficient (Wildman–Crippen LogP) is 3.56. The lowest BCUT2D eigenvalue weighted by Crippen LogP contribution is -2.41. The molecule has 1 aromatic rings. The van der Waals surface area contributed by atoms with Crippen LogP contribution in [0.3, 0.4) is 0 Å².